The van der Waals surface area contributed by atoms with Crippen molar-refractivity contribution >= 4 is 27.3 Å². The summed E-state index contributed by atoms with van der Waals surface area (Å²) in [6.07, 6.45) is 0.878. The molecule has 0 aliphatic heterocycles. The van der Waals surface area contributed by atoms with E-state index in [1.54, 1.807) is 13.2 Å². The molecule has 0 spiro atoms. The maximum atomic E-state index is 10.7. The molecule has 0 saturated carbocycles. The number of non-ortho nitro benzene ring substituents is 1. The van der Waals surface area contributed by atoms with E-state index in [4.69, 9.17) is 4.74 Å². The molecule has 6 heteroatoms. The second-order valence-corrected chi connectivity index (χ2v) is 4.48. The number of nitrogens with one attached hydrogen (secondary N) is 1. The average molecular weight is 303 g/mol. The van der Waals surface area contributed by atoms with Crippen molar-refractivity contribution < 1.29 is 9.66 Å². The molecule has 0 heterocycles. The Morgan fingerprint density at radius 2 is 2.29 bits per heavy atom. The third-order valence-electron chi connectivity index (χ3n) is 2.38. The summed E-state index contributed by atoms with van der Waals surface area (Å²) in [5.41, 5.74) is 0.783. The fraction of sp³-hybridized carbons (Fsp3) is 0.455. The zero-order valence-corrected chi connectivity index (χ0v) is 11.4. The third-order valence-corrected chi connectivity index (χ3v) is 3.07. The average Bonchev–Trinajstić information content (AvgIpc) is 2.30. The highest BCUT2D eigenvalue weighted by atomic mass is 79.9. The third kappa shape index (κ3) is 3.98. The lowest BCUT2D eigenvalue weighted by molar-refractivity contribution is -0.384. The van der Waals surface area contributed by atoms with Crippen LogP contribution in [0.4, 0.5) is 11.4 Å². The van der Waals surface area contributed by atoms with Gasteiger partial charge in [-0.15, -0.1) is 0 Å². The minimum absolute atomic E-state index is 0.0722. The predicted molar refractivity (Wildman–Crippen MR) is 70.4 cm³/mol. The Hall–Kier alpha value is -1.14. The number of rotatable bonds is 6. The van der Waals surface area contributed by atoms with Gasteiger partial charge in [-0.3, -0.25) is 10.1 Å². The van der Waals surface area contributed by atoms with Crippen molar-refractivity contribution in [3.8, 4) is 0 Å². The number of benzene rings is 1. The summed E-state index contributed by atoms with van der Waals surface area (Å²) in [5, 5.41) is 13.9. The van der Waals surface area contributed by atoms with Gasteiger partial charge in [-0.2, -0.15) is 0 Å². The molecule has 0 saturated heterocycles. The van der Waals surface area contributed by atoms with E-state index in [1.807, 2.05) is 6.92 Å². The molecule has 17 heavy (non-hydrogen) atoms. The summed E-state index contributed by atoms with van der Waals surface area (Å²) in [7, 11) is 1.63. The smallest absolute Gasteiger partial charge is 0.271 e. The molecular weight excluding hydrogens is 288 g/mol. The fourth-order valence-electron chi connectivity index (χ4n) is 1.42. The zero-order chi connectivity index (χ0) is 12.8. The van der Waals surface area contributed by atoms with Gasteiger partial charge < -0.3 is 10.1 Å². The molecule has 0 aliphatic rings. The minimum Gasteiger partial charge on any atom is -0.383 e. The van der Waals surface area contributed by atoms with Gasteiger partial charge in [0, 0.05) is 29.8 Å². The summed E-state index contributed by atoms with van der Waals surface area (Å²) in [6, 6.07) is 4.79. The first-order chi connectivity index (χ1) is 8.08. The van der Waals surface area contributed by atoms with Crippen LogP contribution in [0.3, 0.4) is 0 Å². The molecule has 1 unspecified atom stereocenters. The summed E-state index contributed by atoms with van der Waals surface area (Å²) in [6.45, 7) is 2.59. The standard InChI is InChI=1S/C11H15BrN2O3/c1-3-8(7-17-2)13-11-6-9(14(15)16)4-5-10(11)12/h4-6,8,13H,3,7H2,1-2H3. The van der Waals surface area contributed by atoms with Crippen LogP contribution in [0.15, 0.2) is 22.7 Å². The van der Waals surface area contributed by atoms with E-state index in [0.717, 1.165) is 10.9 Å². The molecule has 1 atom stereocenters. The zero-order valence-electron chi connectivity index (χ0n) is 9.77. The molecule has 0 aliphatic carbocycles. The second kappa shape index (κ2) is 6.56. The van der Waals surface area contributed by atoms with Gasteiger partial charge in [-0.05, 0) is 28.4 Å². The predicted octanol–water partition coefficient (Wildman–Crippen LogP) is 3.19. The van der Waals surface area contributed by atoms with Crippen LogP contribution in [0.5, 0.6) is 0 Å². The fourth-order valence-corrected chi connectivity index (χ4v) is 1.78. The quantitative estimate of drug-likeness (QED) is 0.647. The van der Waals surface area contributed by atoms with Crippen LogP contribution in [-0.2, 0) is 4.74 Å². The Morgan fingerprint density at radius 1 is 1.59 bits per heavy atom. The molecule has 0 amide bonds. The van der Waals surface area contributed by atoms with E-state index in [2.05, 4.69) is 21.2 Å². The lowest BCUT2D eigenvalue weighted by atomic mass is 10.2. The molecule has 0 bridgehead atoms. The Kier molecular flexibility index (Phi) is 5.37. The number of nitro groups is 1. The summed E-state index contributed by atoms with van der Waals surface area (Å²) in [4.78, 5) is 10.3. The van der Waals surface area contributed by atoms with E-state index in [0.29, 0.717) is 12.3 Å². The normalized spacial score (nSPS) is 12.2. The van der Waals surface area contributed by atoms with Crippen LogP contribution in [0.2, 0.25) is 0 Å². The van der Waals surface area contributed by atoms with Crippen LogP contribution >= 0.6 is 15.9 Å². The summed E-state index contributed by atoms with van der Waals surface area (Å²) < 4.78 is 5.88. The summed E-state index contributed by atoms with van der Waals surface area (Å²) in [5.74, 6) is 0. The molecule has 1 aromatic carbocycles. The number of nitro benzene ring substituents is 1. The molecular formula is C11H15BrN2O3. The van der Waals surface area contributed by atoms with Crippen molar-refractivity contribution in [1.29, 1.82) is 0 Å². The van der Waals surface area contributed by atoms with Gasteiger partial charge in [0.15, 0.2) is 0 Å². The molecule has 5 nitrogen and oxygen atoms in total. The molecule has 0 fully saturated rings. The lowest BCUT2D eigenvalue weighted by Crippen LogP contribution is -2.24. The molecule has 1 rings (SSSR count). The van der Waals surface area contributed by atoms with Gasteiger partial charge in [0.25, 0.3) is 5.69 Å². The van der Waals surface area contributed by atoms with Gasteiger partial charge in [0.2, 0.25) is 0 Å². The van der Waals surface area contributed by atoms with Crippen molar-refractivity contribution in [2.75, 3.05) is 19.0 Å². The van der Waals surface area contributed by atoms with Gasteiger partial charge in [0.05, 0.1) is 17.2 Å². The highest BCUT2D eigenvalue weighted by Crippen LogP contribution is 2.27. The first kappa shape index (κ1) is 13.9. The van der Waals surface area contributed by atoms with E-state index >= 15 is 0 Å². The molecule has 94 valence electrons. The highest BCUT2D eigenvalue weighted by Gasteiger charge is 2.12. The van der Waals surface area contributed by atoms with E-state index in [1.165, 1.54) is 12.1 Å². The highest BCUT2D eigenvalue weighted by molar-refractivity contribution is 9.10. The maximum Gasteiger partial charge on any atom is 0.271 e. The van der Waals surface area contributed by atoms with Crippen molar-refractivity contribution in [2.24, 2.45) is 0 Å². The maximum absolute atomic E-state index is 10.7. The Balaban J connectivity index is 2.88. The van der Waals surface area contributed by atoms with Crippen LogP contribution in [-0.4, -0.2) is 24.7 Å². The van der Waals surface area contributed by atoms with Gasteiger partial charge >= 0.3 is 0 Å². The first-order valence-electron chi connectivity index (χ1n) is 5.27. The van der Waals surface area contributed by atoms with E-state index in [9.17, 15) is 10.1 Å². The SMILES string of the molecule is CCC(COC)Nc1cc([N+](=O)[O-])ccc1Br. The van der Waals surface area contributed by atoms with Crippen molar-refractivity contribution in [2.45, 2.75) is 19.4 Å². The largest absolute Gasteiger partial charge is 0.383 e. The number of hydrogen-bond acceptors (Lipinski definition) is 4. The van der Waals surface area contributed by atoms with Gasteiger partial charge in [-0.1, -0.05) is 6.92 Å². The number of hydrogen-bond donors (Lipinski definition) is 1. The number of anilines is 1. The number of methoxy groups -OCH3 is 1. The minimum atomic E-state index is -0.408. The van der Waals surface area contributed by atoms with E-state index in [-0.39, 0.29) is 11.7 Å². The Morgan fingerprint density at radius 3 is 2.82 bits per heavy atom. The summed E-state index contributed by atoms with van der Waals surface area (Å²) >= 11 is 3.36. The van der Waals surface area contributed by atoms with Gasteiger partial charge in [-0.25, -0.2) is 0 Å². The Bertz CT molecular complexity index is 398. The van der Waals surface area contributed by atoms with E-state index < -0.39 is 4.92 Å². The monoisotopic (exact) mass is 302 g/mol. The van der Waals surface area contributed by atoms with Crippen LogP contribution in [0.1, 0.15) is 13.3 Å². The van der Waals surface area contributed by atoms with Crippen molar-refractivity contribution in [3.63, 3.8) is 0 Å². The Labute approximate surface area is 108 Å². The van der Waals surface area contributed by atoms with Crippen LogP contribution < -0.4 is 5.32 Å². The second-order valence-electron chi connectivity index (χ2n) is 3.63. The van der Waals surface area contributed by atoms with Gasteiger partial charge in [0.1, 0.15) is 0 Å². The van der Waals surface area contributed by atoms with Crippen molar-refractivity contribution in [1.82, 2.24) is 0 Å². The number of ether oxygens (including phenoxy) is 1. The van der Waals surface area contributed by atoms with Crippen molar-refractivity contribution in [3.05, 3.63) is 32.8 Å². The first-order valence-corrected chi connectivity index (χ1v) is 6.07. The molecule has 0 radical (unpaired) electrons. The number of halogens is 1. The van der Waals surface area contributed by atoms with Crippen LogP contribution in [0, 0.1) is 10.1 Å². The number of nitrogens with zero attached hydrogens (tertiary/aromatic N) is 1. The van der Waals surface area contributed by atoms with Crippen LogP contribution in [0.25, 0.3) is 0 Å². The molecule has 0 aromatic heterocycles. The topological polar surface area (TPSA) is 64.4 Å². The molecule has 1 N–H and O–H groups in total. The molecule has 1 aromatic rings. The lowest BCUT2D eigenvalue weighted by Gasteiger charge is -2.18.